The maximum atomic E-state index is 13.0. The molecule has 1 aromatic rings. The molecule has 0 saturated heterocycles. The van der Waals surface area contributed by atoms with Crippen molar-refractivity contribution >= 4 is 5.82 Å². The SMILES string of the molecule is Fc1cnc(NCCOCC(F)F)c(F)c1. The summed E-state index contributed by atoms with van der Waals surface area (Å²) >= 11 is 0. The Morgan fingerprint density at radius 3 is 2.75 bits per heavy atom. The molecular weight excluding hydrogens is 228 g/mol. The zero-order valence-electron chi connectivity index (χ0n) is 8.22. The molecule has 1 aromatic heterocycles. The third-order valence-electron chi connectivity index (χ3n) is 1.59. The van der Waals surface area contributed by atoms with Gasteiger partial charge in [0.2, 0.25) is 0 Å². The number of nitrogens with zero attached hydrogens (tertiary/aromatic N) is 1. The number of halogens is 4. The number of hydrogen-bond acceptors (Lipinski definition) is 3. The topological polar surface area (TPSA) is 34.2 Å². The van der Waals surface area contributed by atoms with Crippen molar-refractivity contribution < 1.29 is 22.3 Å². The van der Waals surface area contributed by atoms with Gasteiger partial charge < -0.3 is 10.1 Å². The Bertz CT molecular complexity index is 335. The van der Waals surface area contributed by atoms with E-state index in [-0.39, 0.29) is 19.0 Å². The molecule has 0 saturated carbocycles. The van der Waals surface area contributed by atoms with Crippen LogP contribution >= 0.6 is 0 Å². The molecule has 0 aliphatic carbocycles. The fourth-order valence-electron chi connectivity index (χ4n) is 0.959. The van der Waals surface area contributed by atoms with E-state index >= 15 is 0 Å². The highest BCUT2D eigenvalue weighted by molar-refractivity contribution is 5.35. The fraction of sp³-hybridized carbons (Fsp3) is 0.444. The van der Waals surface area contributed by atoms with Gasteiger partial charge in [0, 0.05) is 12.6 Å². The van der Waals surface area contributed by atoms with Gasteiger partial charge in [-0.05, 0) is 0 Å². The summed E-state index contributed by atoms with van der Waals surface area (Å²) in [7, 11) is 0. The molecule has 0 amide bonds. The van der Waals surface area contributed by atoms with E-state index in [0.717, 1.165) is 6.20 Å². The van der Waals surface area contributed by atoms with Gasteiger partial charge >= 0.3 is 0 Å². The second-order valence-electron chi connectivity index (χ2n) is 2.88. The third kappa shape index (κ3) is 4.43. The van der Waals surface area contributed by atoms with Crippen LogP contribution in [0.2, 0.25) is 0 Å². The van der Waals surface area contributed by atoms with E-state index in [1.165, 1.54) is 0 Å². The van der Waals surface area contributed by atoms with Crippen LogP contribution in [0, 0.1) is 11.6 Å². The van der Waals surface area contributed by atoms with Crippen molar-refractivity contribution in [1.29, 1.82) is 0 Å². The first-order chi connectivity index (χ1) is 7.59. The molecule has 16 heavy (non-hydrogen) atoms. The third-order valence-corrected chi connectivity index (χ3v) is 1.59. The molecule has 7 heteroatoms. The molecule has 90 valence electrons. The summed E-state index contributed by atoms with van der Waals surface area (Å²) in [5.74, 6) is -1.76. The van der Waals surface area contributed by atoms with E-state index < -0.39 is 24.7 Å². The number of rotatable bonds is 6. The summed E-state index contributed by atoms with van der Waals surface area (Å²) in [5.41, 5.74) is 0. The lowest BCUT2D eigenvalue weighted by atomic mass is 10.4. The van der Waals surface area contributed by atoms with E-state index in [4.69, 9.17) is 0 Å². The van der Waals surface area contributed by atoms with Crippen LogP contribution < -0.4 is 5.32 Å². The van der Waals surface area contributed by atoms with Gasteiger partial charge in [0.15, 0.2) is 11.6 Å². The van der Waals surface area contributed by atoms with E-state index in [0.29, 0.717) is 6.07 Å². The standard InChI is InChI=1S/C9H10F4N2O/c10-6-3-7(11)9(15-4-6)14-1-2-16-5-8(12)13/h3-4,8H,1-2,5H2,(H,14,15). The molecule has 1 N–H and O–H groups in total. The Balaban J connectivity index is 2.27. The first-order valence-corrected chi connectivity index (χ1v) is 4.50. The van der Waals surface area contributed by atoms with Crippen LogP contribution in [0.15, 0.2) is 12.3 Å². The predicted octanol–water partition coefficient (Wildman–Crippen LogP) is 2.05. The molecule has 0 aliphatic heterocycles. The smallest absolute Gasteiger partial charge is 0.261 e. The van der Waals surface area contributed by atoms with Crippen molar-refractivity contribution in [3.05, 3.63) is 23.9 Å². The van der Waals surface area contributed by atoms with Gasteiger partial charge in [-0.15, -0.1) is 0 Å². The second kappa shape index (κ2) is 6.26. The average Bonchev–Trinajstić information content (AvgIpc) is 2.20. The average molecular weight is 238 g/mol. The monoisotopic (exact) mass is 238 g/mol. The van der Waals surface area contributed by atoms with Crippen LogP contribution in [-0.4, -0.2) is 31.2 Å². The summed E-state index contributed by atoms with van der Waals surface area (Å²) in [5, 5.41) is 2.49. The minimum absolute atomic E-state index is 0.0111. The summed E-state index contributed by atoms with van der Waals surface area (Å²) < 4.78 is 53.2. The van der Waals surface area contributed by atoms with Gasteiger partial charge in [0.1, 0.15) is 12.4 Å². The zero-order valence-corrected chi connectivity index (χ0v) is 8.22. The van der Waals surface area contributed by atoms with Crippen molar-refractivity contribution in [2.75, 3.05) is 25.1 Å². The quantitative estimate of drug-likeness (QED) is 0.608. The predicted molar refractivity (Wildman–Crippen MR) is 49.5 cm³/mol. The van der Waals surface area contributed by atoms with Crippen LogP contribution in [0.5, 0.6) is 0 Å². The number of anilines is 1. The highest BCUT2D eigenvalue weighted by Crippen LogP contribution is 2.10. The minimum Gasteiger partial charge on any atom is -0.374 e. The number of alkyl halides is 2. The summed E-state index contributed by atoms with van der Waals surface area (Å²) in [6.07, 6.45) is -1.67. The Kier molecular flexibility index (Phi) is 4.97. The Labute approximate surface area is 89.4 Å². The van der Waals surface area contributed by atoms with Crippen molar-refractivity contribution in [3.63, 3.8) is 0 Å². The number of aromatic nitrogens is 1. The number of nitrogens with one attached hydrogen (secondary N) is 1. The van der Waals surface area contributed by atoms with Gasteiger partial charge in [0.25, 0.3) is 6.43 Å². The highest BCUT2D eigenvalue weighted by atomic mass is 19.3. The molecule has 0 atom stereocenters. The normalized spacial score (nSPS) is 10.8. The Morgan fingerprint density at radius 1 is 1.38 bits per heavy atom. The molecule has 3 nitrogen and oxygen atoms in total. The maximum Gasteiger partial charge on any atom is 0.261 e. The van der Waals surface area contributed by atoms with E-state index in [9.17, 15) is 17.6 Å². The van der Waals surface area contributed by atoms with Crippen LogP contribution in [0.4, 0.5) is 23.4 Å². The lowest BCUT2D eigenvalue weighted by Crippen LogP contribution is -2.14. The van der Waals surface area contributed by atoms with Crippen molar-refractivity contribution in [3.8, 4) is 0 Å². The van der Waals surface area contributed by atoms with Crippen LogP contribution in [-0.2, 0) is 4.74 Å². The molecule has 0 aromatic carbocycles. The Morgan fingerprint density at radius 2 is 2.12 bits per heavy atom. The van der Waals surface area contributed by atoms with Gasteiger partial charge in [-0.3, -0.25) is 0 Å². The molecule has 0 bridgehead atoms. The van der Waals surface area contributed by atoms with Gasteiger partial charge in [0.05, 0.1) is 12.8 Å². The summed E-state index contributed by atoms with van der Waals surface area (Å²) in [4.78, 5) is 3.45. The van der Waals surface area contributed by atoms with Crippen LogP contribution in [0.1, 0.15) is 0 Å². The summed E-state index contributed by atoms with van der Waals surface area (Å²) in [6, 6.07) is 0.676. The minimum atomic E-state index is -2.53. The van der Waals surface area contributed by atoms with Crippen molar-refractivity contribution in [2.45, 2.75) is 6.43 Å². The number of pyridine rings is 1. The Hall–Kier alpha value is -1.37. The largest absolute Gasteiger partial charge is 0.374 e. The van der Waals surface area contributed by atoms with Crippen LogP contribution in [0.25, 0.3) is 0 Å². The maximum absolute atomic E-state index is 13.0. The van der Waals surface area contributed by atoms with Gasteiger partial charge in [-0.25, -0.2) is 22.5 Å². The first-order valence-electron chi connectivity index (χ1n) is 4.50. The summed E-state index contributed by atoms with van der Waals surface area (Å²) in [6.45, 7) is -0.563. The molecule has 1 rings (SSSR count). The number of hydrogen-bond donors (Lipinski definition) is 1. The molecule has 0 radical (unpaired) electrons. The lowest BCUT2D eigenvalue weighted by Gasteiger charge is -2.06. The van der Waals surface area contributed by atoms with Crippen molar-refractivity contribution in [1.82, 2.24) is 4.98 Å². The van der Waals surface area contributed by atoms with E-state index in [1.807, 2.05) is 0 Å². The highest BCUT2D eigenvalue weighted by Gasteiger charge is 2.05. The van der Waals surface area contributed by atoms with E-state index in [2.05, 4.69) is 15.0 Å². The molecule has 0 aliphatic rings. The zero-order chi connectivity index (χ0) is 12.0. The first kappa shape index (κ1) is 12.7. The van der Waals surface area contributed by atoms with Crippen LogP contribution in [0.3, 0.4) is 0 Å². The molecule has 0 fully saturated rings. The van der Waals surface area contributed by atoms with Crippen molar-refractivity contribution in [2.24, 2.45) is 0 Å². The molecule has 0 spiro atoms. The molecule has 1 heterocycles. The number of ether oxygens (including phenoxy) is 1. The molecule has 0 unspecified atom stereocenters. The van der Waals surface area contributed by atoms with E-state index in [1.54, 1.807) is 0 Å². The lowest BCUT2D eigenvalue weighted by molar-refractivity contribution is 0.0214. The van der Waals surface area contributed by atoms with Gasteiger partial charge in [-0.1, -0.05) is 0 Å². The second-order valence-corrected chi connectivity index (χ2v) is 2.88. The molecular formula is C9H10F4N2O. The fourth-order valence-corrected chi connectivity index (χ4v) is 0.959. The van der Waals surface area contributed by atoms with Gasteiger partial charge in [-0.2, -0.15) is 0 Å².